The molecule has 0 bridgehead atoms. The van der Waals surface area contributed by atoms with E-state index in [1.165, 1.54) is 5.56 Å². The van der Waals surface area contributed by atoms with E-state index in [0.29, 0.717) is 19.0 Å². The fourth-order valence-electron chi connectivity index (χ4n) is 4.98. The van der Waals surface area contributed by atoms with E-state index in [9.17, 15) is 0 Å². The van der Waals surface area contributed by atoms with Gasteiger partial charge >= 0.3 is 0 Å². The van der Waals surface area contributed by atoms with E-state index in [1.807, 2.05) is 28.9 Å². The molecule has 0 spiro atoms. The summed E-state index contributed by atoms with van der Waals surface area (Å²) in [5.41, 5.74) is 10.5. The third kappa shape index (κ3) is 4.56. The van der Waals surface area contributed by atoms with Gasteiger partial charge in [-0.25, -0.2) is 14.6 Å². The maximum absolute atomic E-state index is 5.92. The van der Waals surface area contributed by atoms with Crippen LogP contribution in [0.25, 0.3) is 22.6 Å². The van der Waals surface area contributed by atoms with Crippen LogP contribution in [0.4, 0.5) is 11.5 Å². The van der Waals surface area contributed by atoms with Crippen molar-refractivity contribution in [2.24, 2.45) is 0 Å². The number of aromatic nitrogens is 5. The largest absolute Gasteiger partial charge is 0.399 e. The van der Waals surface area contributed by atoms with Crippen LogP contribution in [0.5, 0.6) is 0 Å². The van der Waals surface area contributed by atoms with Gasteiger partial charge < -0.3 is 15.4 Å². The van der Waals surface area contributed by atoms with Crippen molar-refractivity contribution in [1.29, 1.82) is 0 Å². The molecule has 0 saturated carbocycles. The molecule has 4 aromatic rings. The Balaban J connectivity index is 1.31. The van der Waals surface area contributed by atoms with Crippen molar-refractivity contribution < 1.29 is 4.74 Å². The van der Waals surface area contributed by atoms with Gasteiger partial charge in [0.25, 0.3) is 0 Å². The van der Waals surface area contributed by atoms with E-state index in [-0.39, 0.29) is 6.04 Å². The van der Waals surface area contributed by atoms with Gasteiger partial charge in [0.1, 0.15) is 0 Å². The van der Waals surface area contributed by atoms with Gasteiger partial charge in [-0.05, 0) is 42.7 Å². The summed E-state index contributed by atoms with van der Waals surface area (Å²) in [6.07, 6.45) is 2.03. The Morgan fingerprint density at radius 3 is 2.37 bits per heavy atom. The zero-order valence-electron chi connectivity index (χ0n) is 19.8. The molecule has 9 nitrogen and oxygen atoms in total. The van der Waals surface area contributed by atoms with Crippen molar-refractivity contribution in [3.05, 3.63) is 60.2 Å². The van der Waals surface area contributed by atoms with Crippen LogP contribution < -0.4 is 10.6 Å². The minimum Gasteiger partial charge on any atom is -0.399 e. The lowest BCUT2D eigenvalue weighted by molar-refractivity contribution is 0.122. The van der Waals surface area contributed by atoms with E-state index < -0.39 is 0 Å². The molecule has 2 aromatic carbocycles. The number of nitrogen functional groups attached to an aromatic ring is 1. The van der Waals surface area contributed by atoms with Crippen LogP contribution in [0.15, 0.2) is 54.6 Å². The highest BCUT2D eigenvalue weighted by Crippen LogP contribution is 2.31. The number of hydrogen-bond acceptors (Lipinski definition) is 8. The summed E-state index contributed by atoms with van der Waals surface area (Å²) in [7, 11) is 0. The lowest BCUT2D eigenvalue weighted by Gasteiger charge is -2.32. The van der Waals surface area contributed by atoms with Crippen molar-refractivity contribution in [3.63, 3.8) is 0 Å². The Hall–Kier alpha value is -3.56. The number of nitrogens with zero attached hydrogens (tertiary/aromatic N) is 7. The van der Waals surface area contributed by atoms with Gasteiger partial charge in [-0.2, -0.15) is 0 Å². The van der Waals surface area contributed by atoms with E-state index in [2.05, 4.69) is 50.4 Å². The molecule has 0 aliphatic carbocycles. The number of fused-ring (bicyclic) bond motifs is 1. The number of hydrogen-bond donors (Lipinski definition) is 1. The predicted molar refractivity (Wildman–Crippen MR) is 136 cm³/mol. The van der Waals surface area contributed by atoms with Crippen LogP contribution in [-0.2, 0) is 11.3 Å². The van der Waals surface area contributed by atoms with Crippen molar-refractivity contribution in [2.45, 2.75) is 25.4 Å². The average Bonchev–Trinajstić information content (AvgIpc) is 3.34. The fraction of sp³-hybridized carbons (Fsp3) is 0.385. The molecule has 2 N–H and O–H groups in total. The van der Waals surface area contributed by atoms with Gasteiger partial charge in [0.2, 0.25) is 0 Å². The van der Waals surface area contributed by atoms with Crippen LogP contribution in [0, 0.1) is 0 Å². The lowest BCUT2D eigenvalue weighted by atomic mass is 10.0. The Morgan fingerprint density at radius 2 is 1.63 bits per heavy atom. The predicted octanol–water partition coefficient (Wildman–Crippen LogP) is 3.14. The highest BCUT2D eigenvalue weighted by molar-refractivity contribution is 5.85. The second kappa shape index (κ2) is 9.59. The molecular weight excluding hydrogens is 440 g/mol. The van der Waals surface area contributed by atoms with Crippen LogP contribution in [0.3, 0.4) is 0 Å². The Morgan fingerprint density at radius 1 is 0.886 bits per heavy atom. The van der Waals surface area contributed by atoms with Gasteiger partial charge in [-0.15, -0.1) is 5.10 Å². The number of benzene rings is 2. The zero-order chi connectivity index (χ0) is 23.6. The lowest BCUT2D eigenvalue weighted by Crippen LogP contribution is -2.37. The first-order valence-electron chi connectivity index (χ1n) is 12.3. The van der Waals surface area contributed by atoms with Crippen LogP contribution in [0.2, 0.25) is 0 Å². The maximum Gasteiger partial charge on any atom is 0.184 e. The molecule has 6 rings (SSSR count). The molecule has 0 amide bonds. The molecule has 2 saturated heterocycles. The molecule has 180 valence electrons. The number of morpholine rings is 1. The molecule has 2 aromatic heterocycles. The number of ether oxygens (including phenoxy) is 1. The monoisotopic (exact) mass is 470 g/mol. The normalized spacial score (nSPS) is 17.8. The van der Waals surface area contributed by atoms with Crippen molar-refractivity contribution in [2.75, 3.05) is 50.0 Å². The maximum atomic E-state index is 5.92. The highest BCUT2D eigenvalue weighted by Gasteiger charge is 2.27. The third-order valence-electron chi connectivity index (χ3n) is 6.94. The molecule has 2 aliphatic heterocycles. The second-order valence-electron chi connectivity index (χ2n) is 9.29. The molecule has 0 atom stereocenters. The molecule has 0 radical (unpaired) electrons. The SMILES string of the molecule is Nc1ccc(-c2nc(N3CCOCC3)c3nnn(C4CCN(Cc5ccccc5)CC4)c3n2)cc1. The van der Waals surface area contributed by atoms with E-state index in [4.69, 9.17) is 20.4 Å². The first-order valence-corrected chi connectivity index (χ1v) is 12.3. The van der Waals surface area contributed by atoms with Gasteiger partial charge in [-0.1, -0.05) is 35.5 Å². The molecule has 0 unspecified atom stereocenters. The summed E-state index contributed by atoms with van der Waals surface area (Å²) in [4.78, 5) is 14.6. The van der Waals surface area contributed by atoms with Crippen LogP contribution in [-0.4, -0.2) is 69.3 Å². The van der Waals surface area contributed by atoms with Crippen molar-refractivity contribution >= 4 is 22.7 Å². The minimum absolute atomic E-state index is 0.263. The first kappa shape index (κ1) is 21.9. The zero-order valence-corrected chi connectivity index (χ0v) is 19.8. The Labute approximate surface area is 204 Å². The number of rotatable bonds is 5. The molecule has 9 heteroatoms. The standard InChI is InChI=1S/C26H30N8O/c27-21-8-6-20(7-9-21)24-28-25(33-14-16-35-17-15-33)23-26(29-24)34(31-30-23)22-10-12-32(13-11-22)18-19-4-2-1-3-5-19/h1-9,22H,10-18,27H2. The number of nitrogens with two attached hydrogens (primary N) is 1. The third-order valence-corrected chi connectivity index (χ3v) is 6.94. The summed E-state index contributed by atoms with van der Waals surface area (Å²) in [6.45, 7) is 5.93. The Bertz CT molecular complexity index is 1280. The molecular formula is C26H30N8O. The fourth-order valence-corrected chi connectivity index (χ4v) is 4.98. The van der Waals surface area contributed by atoms with Gasteiger partial charge in [-0.3, -0.25) is 4.90 Å². The Kier molecular flexibility index (Phi) is 6.01. The summed E-state index contributed by atoms with van der Waals surface area (Å²) in [6, 6.07) is 18.6. The number of piperidine rings is 1. The molecule has 35 heavy (non-hydrogen) atoms. The highest BCUT2D eigenvalue weighted by atomic mass is 16.5. The number of likely N-dealkylation sites (tertiary alicyclic amines) is 1. The van der Waals surface area contributed by atoms with Crippen LogP contribution >= 0.6 is 0 Å². The van der Waals surface area contributed by atoms with Gasteiger partial charge in [0.15, 0.2) is 22.8 Å². The topological polar surface area (TPSA) is 98.2 Å². The number of anilines is 2. The summed E-state index contributed by atoms with van der Waals surface area (Å²) < 4.78 is 7.60. The summed E-state index contributed by atoms with van der Waals surface area (Å²) >= 11 is 0. The van der Waals surface area contributed by atoms with E-state index in [1.54, 1.807) is 0 Å². The second-order valence-corrected chi connectivity index (χ2v) is 9.29. The van der Waals surface area contributed by atoms with Gasteiger partial charge in [0.05, 0.1) is 19.3 Å². The van der Waals surface area contributed by atoms with E-state index in [0.717, 1.165) is 73.8 Å². The van der Waals surface area contributed by atoms with Crippen LogP contribution in [0.1, 0.15) is 24.4 Å². The van der Waals surface area contributed by atoms with E-state index >= 15 is 0 Å². The molecule has 2 aliphatic rings. The van der Waals surface area contributed by atoms with Gasteiger partial charge in [0, 0.05) is 44.0 Å². The smallest absolute Gasteiger partial charge is 0.184 e. The summed E-state index contributed by atoms with van der Waals surface area (Å²) in [5.74, 6) is 1.50. The first-order chi connectivity index (χ1) is 17.2. The molecule has 2 fully saturated rings. The molecule has 4 heterocycles. The quantitative estimate of drug-likeness (QED) is 0.444. The minimum atomic E-state index is 0.263. The summed E-state index contributed by atoms with van der Waals surface area (Å²) in [5, 5.41) is 9.18. The van der Waals surface area contributed by atoms with Crippen molar-refractivity contribution in [1.82, 2.24) is 29.9 Å². The van der Waals surface area contributed by atoms with Crippen molar-refractivity contribution in [3.8, 4) is 11.4 Å². The average molecular weight is 471 g/mol.